The van der Waals surface area contributed by atoms with E-state index in [0.29, 0.717) is 22.0 Å². The maximum atomic E-state index is 12.5. The number of nitrogens with one attached hydrogen (secondary N) is 3. The predicted molar refractivity (Wildman–Crippen MR) is 118 cm³/mol. The number of nitrogens with zero attached hydrogens (tertiary/aromatic N) is 3. The van der Waals surface area contributed by atoms with E-state index >= 15 is 0 Å². The van der Waals surface area contributed by atoms with Crippen molar-refractivity contribution < 1.29 is 18.3 Å². The third-order valence-corrected chi connectivity index (χ3v) is 5.85. The van der Waals surface area contributed by atoms with Gasteiger partial charge in [-0.25, -0.2) is 23.1 Å². The Hall–Kier alpha value is -3.96. The number of phenolic OH excluding ortho intramolecular Hbond substituents is 1. The Morgan fingerprint density at radius 2 is 1.75 bits per heavy atom. The fraction of sp³-hybridized carbons (Fsp3) is 0. The van der Waals surface area contributed by atoms with Crippen molar-refractivity contribution in [2.45, 2.75) is 4.90 Å². The number of H-pyrrole nitrogens is 1. The van der Waals surface area contributed by atoms with Gasteiger partial charge < -0.3 is 10.4 Å². The van der Waals surface area contributed by atoms with Crippen LogP contribution in [0.25, 0.3) is 11.3 Å². The highest BCUT2D eigenvalue weighted by atomic mass is 35.5. The highest BCUT2D eigenvalue weighted by Crippen LogP contribution is 2.30. The van der Waals surface area contributed by atoms with Crippen LogP contribution in [-0.2, 0) is 10.0 Å². The Morgan fingerprint density at radius 3 is 2.47 bits per heavy atom. The van der Waals surface area contributed by atoms with E-state index in [0.717, 1.165) is 0 Å². The summed E-state index contributed by atoms with van der Waals surface area (Å²) in [4.78, 5) is 20.1. The molecule has 4 rings (SSSR count). The zero-order chi connectivity index (χ0) is 22.7. The standard InChI is InChI=1S/C20H15ClN6O4S/c21-12-2-7-18(28)15(10-12)16-11-17(26-25-16)19(29)24-13-3-5-14(6-4-13)32(30,31)27-20-22-8-1-9-23-20/h1-11,28H,(H,24,29)(H,25,26)(H,22,23,27). The molecule has 0 aliphatic rings. The molecule has 10 nitrogen and oxygen atoms in total. The van der Waals surface area contributed by atoms with Gasteiger partial charge in [-0.15, -0.1) is 0 Å². The molecule has 0 aliphatic carbocycles. The molecule has 0 atom stereocenters. The molecule has 2 heterocycles. The van der Waals surface area contributed by atoms with E-state index in [4.69, 9.17) is 11.6 Å². The van der Waals surface area contributed by atoms with E-state index in [1.165, 1.54) is 60.9 Å². The quantitative estimate of drug-likeness (QED) is 0.337. The van der Waals surface area contributed by atoms with Crippen LogP contribution < -0.4 is 10.0 Å². The maximum Gasteiger partial charge on any atom is 0.273 e. The lowest BCUT2D eigenvalue weighted by molar-refractivity contribution is 0.102. The van der Waals surface area contributed by atoms with E-state index in [1.807, 2.05) is 0 Å². The Bertz CT molecular complexity index is 1370. The minimum Gasteiger partial charge on any atom is -0.507 e. The summed E-state index contributed by atoms with van der Waals surface area (Å²) in [6.07, 6.45) is 2.83. The molecule has 0 saturated carbocycles. The van der Waals surface area contributed by atoms with Crippen LogP contribution in [0.5, 0.6) is 5.75 Å². The third kappa shape index (κ3) is 4.68. The van der Waals surface area contributed by atoms with Crippen LogP contribution >= 0.6 is 11.6 Å². The van der Waals surface area contributed by atoms with Crippen molar-refractivity contribution in [2.75, 3.05) is 10.0 Å². The van der Waals surface area contributed by atoms with E-state index < -0.39 is 15.9 Å². The molecule has 0 bridgehead atoms. The molecule has 0 aliphatic heterocycles. The summed E-state index contributed by atoms with van der Waals surface area (Å²) in [5.74, 6) is -0.582. The number of phenols is 1. The van der Waals surface area contributed by atoms with Gasteiger partial charge in [-0.05, 0) is 54.6 Å². The first-order valence-corrected chi connectivity index (χ1v) is 10.9. The number of hydrogen-bond donors (Lipinski definition) is 4. The van der Waals surface area contributed by atoms with E-state index in [1.54, 1.807) is 6.07 Å². The van der Waals surface area contributed by atoms with Crippen molar-refractivity contribution >= 4 is 39.2 Å². The van der Waals surface area contributed by atoms with Gasteiger partial charge >= 0.3 is 0 Å². The van der Waals surface area contributed by atoms with Crippen LogP contribution in [0.2, 0.25) is 5.02 Å². The first kappa shape index (κ1) is 21.3. The SMILES string of the molecule is O=C(Nc1ccc(S(=O)(=O)Nc2ncccn2)cc1)c1cc(-c2cc(Cl)ccc2O)n[nH]1. The second-order valence-electron chi connectivity index (χ2n) is 6.48. The Labute approximate surface area is 187 Å². The number of benzene rings is 2. The Kier molecular flexibility index (Phi) is 5.75. The number of rotatable bonds is 6. The summed E-state index contributed by atoms with van der Waals surface area (Å²) in [7, 11) is -3.88. The first-order valence-electron chi connectivity index (χ1n) is 9.07. The summed E-state index contributed by atoms with van der Waals surface area (Å²) in [5, 5.41) is 19.7. The van der Waals surface area contributed by atoms with Crippen molar-refractivity contribution in [3.05, 3.63) is 77.7 Å². The monoisotopic (exact) mass is 470 g/mol. The lowest BCUT2D eigenvalue weighted by Gasteiger charge is -2.08. The lowest BCUT2D eigenvalue weighted by Crippen LogP contribution is -2.15. The first-order chi connectivity index (χ1) is 15.3. The van der Waals surface area contributed by atoms with Crippen molar-refractivity contribution in [1.82, 2.24) is 20.2 Å². The van der Waals surface area contributed by atoms with Crippen molar-refractivity contribution in [3.63, 3.8) is 0 Å². The maximum absolute atomic E-state index is 12.5. The Balaban J connectivity index is 1.46. The number of carbonyl (C=O) groups excluding carboxylic acids is 1. The van der Waals surface area contributed by atoms with Gasteiger partial charge in [-0.1, -0.05) is 11.6 Å². The van der Waals surface area contributed by atoms with Crippen LogP contribution in [0.4, 0.5) is 11.6 Å². The molecule has 162 valence electrons. The molecule has 2 aromatic heterocycles. The van der Waals surface area contributed by atoms with Crippen LogP contribution in [0.15, 0.2) is 71.9 Å². The molecule has 0 fully saturated rings. The minimum absolute atomic E-state index is 0.0248. The smallest absolute Gasteiger partial charge is 0.273 e. The van der Waals surface area contributed by atoms with E-state index in [2.05, 4.69) is 30.2 Å². The number of aromatic hydroxyl groups is 1. The molecule has 32 heavy (non-hydrogen) atoms. The van der Waals surface area contributed by atoms with Gasteiger partial charge in [-0.3, -0.25) is 9.89 Å². The molecule has 0 spiro atoms. The zero-order valence-corrected chi connectivity index (χ0v) is 17.7. The molecule has 4 aromatic rings. The minimum atomic E-state index is -3.88. The molecule has 4 N–H and O–H groups in total. The number of amides is 1. The normalized spacial score (nSPS) is 11.2. The largest absolute Gasteiger partial charge is 0.507 e. The third-order valence-electron chi connectivity index (χ3n) is 4.27. The van der Waals surface area contributed by atoms with Crippen molar-refractivity contribution in [3.8, 4) is 17.0 Å². The average molecular weight is 471 g/mol. The molecule has 12 heteroatoms. The van der Waals surface area contributed by atoms with E-state index in [9.17, 15) is 18.3 Å². The number of halogens is 1. The molecule has 2 aromatic carbocycles. The zero-order valence-electron chi connectivity index (χ0n) is 16.2. The van der Waals surface area contributed by atoms with Gasteiger partial charge in [0.15, 0.2) is 0 Å². The summed E-state index contributed by atoms with van der Waals surface area (Å²) < 4.78 is 27.1. The fourth-order valence-corrected chi connectivity index (χ4v) is 3.87. The number of anilines is 2. The molecule has 0 unspecified atom stereocenters. The van der Waals surface area contributed by atoms with Gasteiger partial charge in [0.1, 0.15) is 11.4 Å². The molecular weight excluding hydrogens is 456 g/mol. The summed E-state index contributed by atoms with van der Waals surface area (Å²) >= 11 is 5.95. The predicted octanol–water partition coefficient (Wildman–Crippen LogP) is 3.28. The Morgan fingerprint density at radius 1 is 1.03 bits per heavy atom. The van der Waals surface area contributed by atoms with Gasteiger partial charge in [0.05, 0.1) is 10.6 Å². The molecule has 0 radical (unpaired) electrons. The number of aromatic nitrogens is 4. The average Bonchev–Trinajstić information content (AvgIpc) is 3.26. The van der Waals surface area contributed by atoms with Gasteiger partial charge in [0.25, 0.3) is 15.9 Å². The van der Waals surface area contributed by atoms with Gasteiger partial charge in [-0.2, -0.15) is 5.10 Å². The number of carbonyl (C=O) groups is 1. The number of hydrogen-bond acceptors (Lipinski definition) is 7. The van der Waals surface area contributed by atoms with Crippen molar-refractivity contribution in [1.29, 1.82) is 0 Å². The van der Waals surface area contributed by atoms with Crippen LogP contribution in [-0.4, -0.2) is 39.6 Å². The topological polar surface area (TPSA) is 150 Å². The highest BCUT2D eigenvalue weighted by molar-refractivity contribution is 7.92. The molecule has 1 amide bonds. The molecular formula is C20H15ClN6O4S. The van der Waals surface area contributed by atoms with Crippen LogP contribution in [0.1, 0.15) is 10.5 Å². The second kappa shape index (κ2) is 8.65. The van der Waals surface area contributed by atoms with Crippen molar-refractivity contribution in [2.24, 2.45) is 0 Å². The summed E-state index contributed by atoms with van der Waals surface area (Å²) in [5.41, 5.74) is 1.22. The fourth-order valence-electron chi connectivity index (χ4n) is 2.74. The van der Waals surface area contributed by atoms with Gasteiger partial charge in [0.2, 0.25) is 5.95 Å². The van der Waals surface area contributed by atoms with Crippen LogP contribution in [0.3, 0.4) is 0 Å². The highest BCUT2D eigenvalue weighted by Gasteiger charge is 2.17. The second-order valence-corrected chi connectivity index (χ2v) is 8.60. The molecule has 0 saturated heterocycles. The summed E-state index contributed by atoms with van der Waals surface area (Å²) in [6.45, 7) is 0. The van der Waals surface area contributed by atoms with Gasteiger partial charge in [0, 0.05) is 28.7 Å². The lowest BCUT2D eigenvalue weighted by atomic mass is 10.1. The van der Waals surface area contributed by atoms with Crippen LogP contribution in [0, 0.1) is 0 Å². The number of sulfonamides is 1. The van der Waals surface area contributed by atoms with E-state index in [-0.39, 0.29) is 22.3 Å². The summed E-state index contributed by atoms with van der Waals surface area (Å²) in [6, 6.07) is 13.1. The number of aromatic amines is 1.